The van der Waals surface area contributed by atoms with Gasteiger partial charge in [0.25, 0.3) is 0 Å². The lowest BCUT2D eigenvalue weighted by Crippen LogP contribution is -2.57. The fourth-order valence-electron chi connectivity index (χ4n) is 5.25. The normalized spacial score (nSPS) is 19.9. The minimum atomic E-state index is -0.622. The van der Waals surface area contributed by atoms with E-state index in [9.17, 15) is 4.79 Å². The first-order valence-electron chi connectivity index (χ1n) is 14.7. The summed E-state index contributed by atoms with van der Waals surface area (Å²) in [6, 6.07) is 40.0. The highest BCUT2D eigenvalue weighted by atomic mass is 16.6. The molecule has 43 heavy (non-hydrogen) atoms. The number of nitrogens with one attached hydrogen (secondary N) is 1. The SMILES string of the molecule is CC(=O)O[C@@H]1[C@@H](OCc2ccccc2)[C@H](OCc2ccccc2)C(COCc2ccccc2)=C[C@@H]1NCc1ccccc1. The van der Waals surface area contributed by atoms with Crippen LogP contribution in [0.5, 0.6) is 0 Å². The monoisotopic (exact) mass is 577 g/mol. The molecule has 4 aromatic carbocycles. The first kappa shape index (κ1) is 30.4. The summed E-state index contributed by atoms with van der Waals surface area (Å²) in [6.07, 6.45) is 0.392. The van der Waals surface area contributed by atoms with Crippen molar-refractivity contribution in [2.24, 2.45) is 0 Å². The van der Waals surface area contributed by atoms with Crippen molar-refractivity contribution in [2.75, 3.05) is 6.61 Å². The minimum Gasteiger partial charge on any atom is -0.458 e. The van der Waals surface area contributed by atoms with Gasteiger partial charge in [-0.2, -0.15) is 0 Å². The maximum absolute atomic E-state index is 12.5. The molecule has 0 saturated carbocycles. The summed E-state index contributed by atoms with van der Waals surface area (Å²) in [5.74, 6) is -0.371. The van der Waals surface area contributed by atoms with Crippen molar-refractivity contribution in [3.8, 4) is 0 Å². The Balaban J connectivity index is 1.45. The Morgan fingerprint density at radius 1 is 0.605 bits per heavy atom. The fraction of sp³-hybridized carbons (Fsp3) is 0.270. The lowest BCUT2D eigenvalue weighted by molar-refractivity contribution is -0.173. The van der Waals surface area contributed by atoms with E-state index in [1.54, 1.807) is 0 Å². The van der Waals surface area contributed by atoms with Crippen LogP contribution in [0.2, 0.25) is 0 Å². The van der Waals surface area contributed by atoms with Gasteiger partial charge in [0, 0.05) is 13.5 Å². The Bertz CT molecular complexity index is 1410. The molecule has 0 fully saturated rings. The summed E-state index contributed by atoms with van der Waals surface area (Å²) < 4.78 is 25.5. The summed E-state index contributed by atoms with van der Waals surface area (Å²) in [4.78, 5) is 12.5. The van der Waals surface area contributed by atoms with Crippen molar-refractivity contribution in [1.29, 1.82) is 0 Å². The second-order valence-electron chi connectivity index (χ2n) is 10.7. The van der Waals surface area contributed by atoms with Gasteiger partial charge in [0.2, 0.25) is 0 Å². The third kappa shape index (κ3) is 9.21. The van der Waals surface area contributed by atoms with Gasteiger partial charge in [-0.3, -0.25) is 4.79 Å². The van der Waals surface area contributed by atoms with E-state index >= 15 is 0 Å². The van der Waals surface area contributed by atoms with E-state index in [1.165, 1.54) is 6.92 Å². The largest absolute Gasteiger partial charge is 0.458 e. The number of hydrogen-bond donors (Lipinski definition) is 1. The quantitative estimate of drug-likeness (QED) is 0.138. The molecule has 0 saturated heterocycles. The van der Waals surface area contributed by atoms with Crippen molar-refractivity contribution >= 4 is 5.97 Å². The molecule has 4 aromatic rings. The Hall–Kier alpha value is -4.07. The van der Waals surface area contributed by atoms with Crippen LogP contribution in [-0.4, -0.2) is 36.9 Å². The molecule has 5 rings (SSSR count). The molecule has 1 aliphatic carbocycles. The number of ether oxygens (including phenoxy) is 4. The number of benzene rings is 4. The van der Waals surface area contributed by atoms with Crippen LogP contribution in [0.3, 0.4) is 0 Å². The molecule has 1 aliphatic rings. The van der Waals surface area contributed by atoms with Crippen LogP contribution in [0.4, 0.5) is 0 Å². The molecule has 0 aromatic heterocycles. The van der Waals surface area contributed by atoms with Crippen LogP contribution in [0.15, 0.2) is 133 Å². The van der Waals surface area contributed by atoms with E-state index in [0.717, 1.165) is 27.8 Å². The standard InChI is InChI=1S/C37H39NO5/c1-28(39)43-36-34(38-23-29-14-6-2-7-15-29)22-33(27-40-24-30-16-8-3-9-17-30)35(41-25-31-18-10-4-11-19-31)37(36)42-26-32-20-12-5-13-21-32/h2-22,34-38H,23-27H2,1H3/t34-,35+,36-,37-/m0/s1. The number of rotatable bonds is 14. The summed E-state index contributed by atoms with van der Waals surface area (Å²) >= 11 is 0. The fourth-order valence-corrected chi connectivity index (χ4v) is 5.25. The summed E-state index contributed by atoms with van der Waals surface area (Å²) in [7, 11) is 0. The minimum absolute atomic E-state index is 0.322. The molecule has 0 heterocycles. The third-order valence-electron chi connectivity index (χ3n) is 7.36. The average Bonchev–Trinajstić information content (AvgIpc) is 3.05. The Labute approximate surface area is 254 Å². The Morgan fingerprint density at radius 3 is 1.63 bits per heavy atom. The molecule has 4 atom stereocenters. The third-order valence-corrected chi connectivity index (χ3v) is 7.36. The van der Waals surface area contributed by atoms with Crippen LogP contribution in [0.1, 0.15) is 29.2 Å². The summed E-state index contributed by atoms with van der Waals surface area (Å²) in [5.41, 5.74) is 5.23. The van der Waals surface area contributed by atoms with E-state index in [4.69, 9.17) is 18.9 Å². The van der Waals surface area contributed by atoms with Crippen LogP contribution < -0.4 is 5.32 Å². The lowest BCUT2D eigenvalue weighted by Gasteiger charge is -2.41. The molecule has 0 aliphatic heterocycles. The highest BCUT2D eigenvalue weighted by Crippen LogP contribution is 2.30. The van der Waals surface area contributed by atoms with Gasteiger partial charge >= 0.3 is 5.97 Å². The first-order valence-corrected chi connectivity index (χ1v) is 14.7. The number of esters is 1. The second-order valence-corrected chi connectivity index (χ2v) is 10.7. The van der Waals surface area contributed by atoms with Gasteiger partial charge in [-0.15, -0.1) is 0 Å². The van der Waals surface area contributed by atoms with E-state index in [1.807, 2.05) is 109 Å². The van der Waals surface area contributed by atoms with Gasteiger partial charge in [0.1, 0.15) is 18.3 Å². The number of carbonyl (C=O) groups is 1. The predicted molar refractivity (Wildman–Crippen MR) is 167 cm³/mol. The van der Waals surface area contributed by atoms with Gasteiger partial charge in [-0.25, -0.2) is 0 Å². The molecule has 0 radical (unpaired) electrons. The van der Waals surface area contributed by atoms with Crippen LogP contribution in [-0.2, 0) is 50.1 Å². The van der Waals surface area contributed by atoms with Crippen LogP contribution >= 0.6 is 0 Å². The lowest BCUT2D eigenvalue weighted by atomic mass is 9.87. The molecule has 222 valence electrons. The Morgan fingerprint density at radius 2 is 1.09 bits per heavy atom. The molecule has 6 nitrogen and oxygen atoms in total. The van der Waals surface area contributed by atoms with Crippen LogP contribution in [0.25, 0.3) is 0 Å². The molecule has 0 amide bonds. The van der Waals surface area contributed by atoms with Gasteiger partial charge in [0.15, 0.2) is 0 Å². The van der Waals surface area contributed by atoms with Crippen molar-refractivity contribution in [3.05, 3.63) is 155 Å². The van der Waals surface area contributed by atoms with Crippen molar-refractivity contribution in [1.82, 2.24) is 5.32 Å². The molecule has 0 spiro atoms. The van der Waals surface area contributed by atoms with E-state index < -0.39 is 18.3 Å². The number of hydrogen-bond acceptors (Lipinski definition) is 6. The molecule has 6 heteroatoms. The first-order chi connectivity index (χ1) is 21.2. The van der Waals surface area contributed by atoms with Gasteiger partial charge in [-0.05, 0) is 27.8 Å². The maximum Gasteiger partial charge on any atom is 0.303 e. The highest BCUT2D eigenvalue weighted by Gasteiger charge is 2.44. The zero-order valence-corrected chi connectivity index (χ0v) is 24.5. The van der Waals surface area contributed by atoms with Gasteiger partial charge in [0.05, 0.1) is 32.5 Å². The second kappa shape index (κ2) is 16.0. The van der Waals surface area contributed by atoms with E-state index in [2.05, 4.69) is 23.5 Å². The molecule has 0 unspecified atom stereocenters. The van der Waals surface area contributed by atoms with Crippen molar-refractivity contribution < 1.29 is 23.7 Å². The zero-order chi connectivity index (χ0) is 29.7. The molecular formula is C37H39NO5. The maximum atomic E-state index is 12.5. The molecular weight excluding hydrogens is 538 g/mol. The molecule has 0 bridgehead atoms. The van der Waals surface area contributed by atoms with E-state index in [-0.39, 0.29) is 12.0 Å². The Kier molecular flexibility index (Phi) is 11.3. The molecule has 1 N–H and O–H groups in total. The van der Waals surface area contributed by atoms with E-state index in [0.29, 0.717) is 33.0 Å². The van der Waals surface area contributed by atoms with Crippen molar-refractivity contribution in [3.63, 3.8) is 0 Å². The smallest absolute Gasteiger partial charge is 0.303 e. The highest BCUT2D eigenvalue weighted by molar-refractivity contribution is 5.66. The van der Waals surface area contributed by atoms with Crippen molar-refractivity contribution in [2.45, 2.75) is 57.6 Å². The summed E-state index contributed by atoms with van der Waals surface area (Å²) in [6.45, 7) is 3.56. The van der Waals surface area contributed by atoms with Gasteiger partial charge < -0.3 is 24.3 Å². The zero-order valence-electron chi connectivity index (χ0n) is 24.5. The van der Waals surface area contributed by atoms with Crippen LogP contribution in [0, 0.1) is 0 Å². The number of carbonyl (C=O) groups excluding carboxylic acids is 1. The van der Waals surface area contributed by atoms with Gasteiger partial charge in [-0.1, -0.05) is 127 Å². The summed E-state index contributed by atoms with van der Waals surface area (Å²) in [5, 5.41) is 3.61. The average molecular weight is 578 g/mol. The predicted octanol–water partition coefficient (Wildman–Crippen LogP) is 6.40. The topological polar surface area (TPSA) is 66.0 Å².